The molecule has 0 N–H and O–H groups in total. The smallest absolute Gasteiger partial charge is 0 e. The molecule has 4 heteroatoms. The van der Waals surface area contributed by atoms with E-state index in [-0.39, 0.29) is 56.6 Å². The van der Waals surface area contributed by atoms with E-state index in [9.17, 15) is 0 Å². The maximum Gasteiger partial charge on any atom is 0 e. The van der Waals surface area contributed by atoms with E-state index >= 15 is 0 Å². The zero-order chi connectivity index (χ0) is 16.6. The van der Waals surface area contributed by atoms with Gasteiger partial charge in [0.25, 0.3) is 0 Å². The van der Waals surface area contributed by atoms with E-state index in [1.807, 2.05) is 0 Å². The standard InChI is InChI=1S/2C10H20N.FH.Nd/c2*1-10(2,3)11-9-7-5-4-6-8-9;;/h2*9H,4-8H2,1-3H3;1H;/q2*-1;;. The van der Waals surface area contributed by atoms with Gasteiger partial charge in [-0.25, -0.2) is 0 Å². The summed E-state index contributed by atoms with van der Waals surface area (Å²) in [5, 5.41) is 9.54. The van der Waals surface area contributed by atoms with Crippen LogP contribution in [0.5, 0.6) is 0 Å². The molecular weight excluding hydrogens is 431 g/mol. The van der Waals surface area contributed by atoms with E-state index in [1.165, 1.54) is 64.2 Å². The predicted octanol–water partition coefficient (Wildman–Crippen LogP) is 7.14. The van der Waals surface area contributed by atoms with Gasteiger partial charge < -0.3 is 10.6 Å². The van der Waals surface area contributed by atoms with Crippen LogP contribution in [0.25, 0.3) is 10.6 Å². The molecule has 2 saturated carbocycles. The Bertz CT molecular complexity index is 255. The van der Waals surface area contributed by atoms with Gasteiger partial charge in [0.2, 0.25) is 0 Å². The van der Waals surface area contributed by atoms with E-state index in [0.717, 1.165) is 0 Å². The van der Waals surface area contributed by atoms with Crippen LogP contribution in [-0.2, 0) is 0 Å². The van der Waals surface area contributed by atoms with Crippen LogP contribution in [-0.4, -0.2) is 23.2 Å². The fourth-order valence-corrected chi connectivity index (χ4v) is 3.52. The van der Waals surface area contributed by atoms with Gasteiger partial charge in [-0.1, -0.05) is 106 Å². The molecule has 24 heavy (non-hydrogen) atoms. The SMILES string of the molecule is CC(C)(C)[N-]C1CCCCC1.CC(C)(C)[N-]C1CCCCC1.F.[Nd]. The average Bonchev–Trinajstić information content (AvgIpc) is 2.38. The first kappa shape index (κ1) is 27.4. The summed E-state index contributed by atoms with van der Waals surface area (Å²) in [4.78, 5) is 0. The van der Waals surface area contributed by atoms with Crippen molar-refractivity contribution in [1.82, 2.24) is 0 Å². The molecule has 0 aromatic rings. The van der Waals surface area contributed by atoms with Gasteiger partial charge in [-0.3, -0.25) is 4.70 Å². The predicted molar refractivity (Wildman–Crippen MR) is 102 cm³/mol. The van der Waals surface area contributed by atoms with Crippen molar-refractivity contribution in [2.75, 3.05) is 0 Å². The van der Waals surface area contributed by atoms with Crippen molar-refractivity contribution in [2.45, 2.75) is 129 Å². The fraction of sp³-hybridized carbons (Fsp3) is 1.00. The van der Waals surface area contributed by atoms with Crippen LogP contribution in [0, 0.1) is 40.8 Å². The molecule has 2 aliphatic rings. The summed E-state index contributed by atoms with van der Waals surface area (Å²) in [6.07, 6.45) is 13.7. The molecule has 0 heterocycles. The maximum atomic E-state index is 4.77. The largest absolute Gasteiger partial charge is 0.655 e. The van der Waals surface area contributed by atoms with E-state index in [4.69, 9.17) is 10.6 Å². The molecule has 144 valence electrons. The third kappa shape index (κ3) is 15.5. The first-order valence-corrected chi connectivity index (χ1v) is 9.60. The number of rotatable bonds is 2. The molecule has 0 amide bonds. The molecular formula is C20H41FN2Nd-2. The Labute approximate surface area is 184 Å². The molecule has 0 unspecified atom stereocenters. The van der Waals surface area contributed by atoms with Gasteiger partial charge in [0.1, 0.15) is 0 Å². The van der Waals surface area contributed by atoms with Gasteiger partial charge in [0.05, 0.1) is 0 Å². The minimum absolute atomic E-state index is 0. The Morgan fingerprint density at radius 1 is 0.542 bits per heavy atom. The Morgan fingerprint density at radius 3 is 1.00 bits per heavy atom. The van der Waals surface area contributed by atoms with Crippen LogP contribution in [0.3, 0.4) is 0 Å². The molecule has 2 fully saturated rings. The van der Waals surface area contributed by atoms with Gasteiger partial charge in [0.15, 0.2) is 0 Å². The van der Waals surface area contributed by atoms with E-state index in [0.29, 0.717) is 12.1 Å². The molecule has 0 spiro atoms. The summed E-state index contributed by atoms with van der Waals surface area (Å²) >= 11 is 0. The van der Waals surface area contributed by atoms with Crippen molar-refractivity contribution in [2.24, 2.45) is 0 Å². The molecule has 0 radical (unpaired) electrons. The second-order valence-electron chi connectivity index (χ2n) is 9.18. The van der Waals surface area contributed by atoms with Crippen LogP contribution in [0.2, 0.25) is 0 Å². The number of hydrogen-bond acceptors (Lipinski definition) is 0. The number of halogens is 1. The van der Waals surface area contributed by atoms with Crippen LogP contribution in [0.15, 0.2) is 0 Å². The molecule has 0 aromatic carbocycles. The second kappa shape index (κ2) is 13.4. The van der Waals surface area contributed by atoms with Crippen molar-refractivity contribution in [3.05, 3.63) is 10.6 Å². The van der Waals surface area contributed by atoms with Gasteiger partial charge >= 0.3 is 0 Å². The van der Waals surface area contributed by atoms with Crippen molar-refractivity contribution < 1.29 is 45.5 Å². The Kier molecular flexibility index (Phi) is 15.3. The maximum absolute atomic E-state index is 4.77. The molecule has 2 aliphatic carbocycles. The normalized spacial score (nSPS) is 20.2. The zero-order valence-electron chi connectivity index (χ0n) is 17.0. The first-order valence-electron chi connectivity index (χ1n) is 9.60. The fourth-order valence-electron chi connectivity index (χ4n) is 3.52. The van der Waals surface area contributed by atoms with Crippen molar-refractivity contribution >= 4 is 0 Å². The molecule has 0 aromatic heterocycles. The van der Waals surface area contributed by atoms with Crippen molar-refractivity contribution in [3.63, 3.8) is 0 Å². The zero-order valence-corrected chi connectivity index (χ0v) is 20.2. The van der Waals surface area contributed by atoms with Gasteiger partial charge in [0, 0.05) is 40.8 Å². The minimum Gasteiger partial charge on any atom is -0.655 e. The Hall–Kier alpha value is 1.20. The number of nitrogens with zero attached hydrogens (tertiary/aromatic N) is 2. The van der Waals surface area contributed by atoms with E-state index in [2.05, 4.69) is 41.5 Å². The van der Waals surface area contributed by atoms with Gasteiger partial charge in [-0.05, 0) is 0 Å². The molecule has 0 saturated heterocycles. The summed E-state index contributed by atoms with van der Waals surface area (Å²) in [7, 11) is 0. The van der Waals surface area contributed by atoms with E-state index in [1.54, 1.807) is 0 Å². The summed E-state index contributed by atoms with van der Waals surface area (Å²) in [6.45, 7) is 13.2. The number of hydrogen-bond donors (Lipinski definition) is 0. The van der Waals surface area contributed by atoms with E-state index < -0.39 is 0 Å². The summed E-state index contributed by atoms with van der Waals surface area (Å²) in [5.74, 6) is 0. The third-order valence-electron chi connectivity index (χ3n) is 4.29. The minimum atomic E-state index is 0. The second-order valence-corrected chi connectivity index (χ2v) is 9.18. The van der Waals surface area contributed by atoms with Crippen molar-refractivity contribution in [1.29, 1.82) is 0 Å². The van der Waals surface area contributed by atoms with Crippen LogP contribution >= 0.6 is 0 Å². The van der Waals surface area contributed by atoms with Crippen LogP contribution < -0.4 is 0 Å². The Balaban J connectivity index is 0. The summed E-state index contributed by atoms with van der Waals surface area (Å²) < 4.78 is 0. The molecule has 0 atom stereocenters. The Morgan fingerprint density at radius 2 is 0.792 bits per heavy atom. The summed E-state index contributed by atoms with van der Waals surface area (Å²) in [5.41, 5.74) is 0.365. The third-order valence-corrected chi connectivity index (χ3v) is 4.29. The average molecular weight is 473 g/mol. The quantitative estimate of drug-likeness (QED) is 0.409. The first-order chi connectivity index (χ1) is 10.2. The summed E-state index contributed by atoms with van der Waals surface area (Å²) in [6, 6.07) is 1.34. The molecule has 2 rings (SSSR count). The van der Waals surface area contributed by atoms with Crippen molar-refractivity contribution in [3.8, 4) is 0 Å². The topological polar surface area (TPSA) is 28.2 Å². The van der Waals surface area contributed by atoms with Crippen LogP contribution in [0.1, 0.15) is 106 Å². The van der Waals surface area contributed by atoms with Gasteiger partial charge in [-0.15, -0.1) is 23.2 Å². The van der Waals surface area contributed by atoms with Crippen LogP contribution in [0.4, 0.5) is 4.70 Å². The molecule has 2 nitrogen and oxygen atoms in total. The van der Waals surface area contributed by atoms with Gasteiger partial charge in [-0.2, -0.15) is 0 Å². The molecule has 0 bridgehead atoms. The monoisotopic (exact) mass is 470 g/mol. The molecule has 0 aliphatic heterocycles.